The van der Waals surface area contributed by atoms with Gasteiger partial charge in [-0.25, -0.2) is 21.4 Å². The predicted octanol–water partition coefficient (Wildman–Crippen LogP) is 3.70. The van der Waals surface area contributed by atoms with E-state index < -0.39 is 36.6 Å². The van der Waals surface area contributed by atoms with E-state index in [0.717, 1.165) is 6.26 Å². The molecule has 4 aromatic rings. The van der Waals surface area contributed by atoms with E-state index in [4.69, 9.17) is 27.9 Å². The number of amides is 1. The Balaban J connectivity index is 1.85. The van der Waals surface area contributed by atoms with Crippen molar-refractivity contribution in [3.63, 3.8) is 0 Å². The molecule has 0 spiro atoms. The second-order valence-electron chi connectivity index (χ2n) is 9.09. The number of carbonyl (C=O) groups is 1. The molecule has 10 nitrogen and oxygen atoms in total. The molecular formula is C25H22Cl2N4O6S2. The molecule has 5 rings (SSSR count). The predicted molar refractivity (Wildman–Crippen MR) is 148 cm³/mol. The van der Waals surface area contributed by atoms with Crippen LogP contribution in [0.4, 0.5) is 0 Å². The van der Waals surface area contributed by atoms with Crippen LogP contribution < -0.4 is 10.1 Å². The highest BCUT2D eigenvalue weighted by molar-refractivity contribution is 7.91. The van der Waals surface area contributed by atoms with Gasteiger partial charge in [-0.2, -0.15) is 10.1 Å². The number of rotatable bonds is 6. The first-order chi connectivity index (χ1) is 18.4. The van der Waals surface area contributed by atoms with Gasteiger partial charge in [0.2, 0.25) is 5.88 Å². The summed E-state index contributed by atoms with van der Waals surface area (Å²) >= 11 is 12.7. The van der Waals surface area contributed by atoms with Gasteiger partial charge < -0.3 is 10.1 Å². The Morgan fingerprint density at radius 1 is 1.13 bits per heavy atom. The van der Waals surface area contributed by atoms with E-state index >= 15 is 0 Å². The minimum Gasteiger partial charge on any atom is -0.480 e. The van der Waals surface area contributed by atoms with E-state index in [0.29, 0.717) is 32.4 Å². The highest BCUT2D eigenvalue weighted by Crippen LogP contribution is 2.42. The highest BCUT2D eigenvalue weighted by Gasteiger charge is 2.35. The average Bonchev–Trinajstić information content (AvgIpc) is 3.43. The summed E-state index contributed by atoms with van der Waals surface area (Å²) in [5.74, 6) is -1.05. The van der Waals surface area contributed by atoms with Crippen molar-refractivity contribution < 1.29 is 26.4 Å². The van der Waals surface area contributed by atoms with E-state index in [1.54, 1.807) is 48.5 Å². The molecule has 1 amide bonds. The Bertz CT molecular complexity index is 1840. The summed E-state index contributed by atoms with van der Waals surface area (Å²) in [4.78, 5) is 18.0. The summed E-state index contributed by atoms with van der Waals surface area (Å²) in [5.41, 5.74) is 1.46. The van der Waals surface area contributed by atoms with E-state index in [9.17, 15) is 21.6 Å². The molecule has 1 N–H and O–H groups in total. The zero-order chi connectivity index (χ0) is 28.1. The van der Waals surface area contributed by atoms with Crippen molar-refractivity contribution in [1.82, 2.24) is 19.9 Å². The SMILES string of the molecule is COc1nc2c(C(=O)NC3CCS(=O)(=O)C3)c(S(C)(=O)=O)nn2c(-c2ccc(Cl)cc2)c1-c1ccccc1Cl. The molecule has 1 fully saturated rings. The number of hydrogen-bond acceptors (Lipinski definition) is 8. The minimum atomic E-state index is -4.05. The molecule has 1 atom stereocenters. The first-order valence-electron chi connectivity index (χ1n) is 11.6. The van der Waals surface area contributed by atoms with Gasteiger partial charge >= 0.3 is 0 Å². The van der Waals surface area contributed by atoms with Crippen molar-refractivity contribution in [2.45, 2.75) is 17.5 Å². The van der Waals surface area contributed by atoms with Gasteiger partial charge in [-0.1, -0.05) is 53.5 Å². The van der Waals surface area contributed by atoms with E-state index in [2.05, 4.69) is 15.4 Å². The number of fused-ring (bicyclic) bond motifs is 1. The van der Waals surface area contributed by atoms with E-state index in [1.165, 1.54) is 11.6 Å². The minimum absolute atomic E-state index is 0.0676. The molecule has 0 radical (unpaired) electrons. The lowest BCUT2D eigenvalue weighted by Crippen LogP contribution is -2.36. The van der Waals surface area contributed by atoms with Gasteiger partial charge in [-0.05, 0) is 24.6 Å². The summed E-state index contributed by atoms with van der Waals surface area (Å²) in [7, 11) is -5.96. The van der Waals surface area contributed by atoms with Crippen molar-refractivity contribution in [2.24, 2.45) is 0 Å². The van der Waals surface area contributed by atoms with Crippen molar-refractivity contribution >= 4 is 54.4 Å². The largest absolute Gasteiger partial charge is 0.480 e. The lowest BCUT2D eigenvalue weighted by atomic mass is 9.99. The lowest BCUT2D eigenvalue weighted by Gasteiger charge is -2.17. The normalized spacial score (nSPS) is 16.9. The topological polar surface area (TPSA) is 137 Å². The average molecular weight is 610 g/mol. The quantitative estimate of drug-likeness (QED) is 0.350. The van der Waals surface area contributed by atoms with Crippen LogP contribution in [-0.2, 0) is 19.7 Å². The fraction of sp³-hybridized carbons (Fsp3) is 0.240. The number of nitrogens with zero attached hydrogens (tertiary/aromatic N) is 3. The fourth-order valence-electron chi connectivity index (χ4n) is 4.56. The highest BCUT2D eigenvalue weighted by atomic mass is 35.5. The van der Waals surface area contributed by atoms with Gasteiger partial charge in [0.05, 0.1) is 29.9 Å². The fourth-order valence-corrected chi connectivity index (χ4v) is 7.38. The van der Waals surface area contributed by atoms with Crippen molar-refractivity contribution in [2.75, 3.05) is 24.9 Å². The van der Waals surface area contributed by atoms with Crippen LogP contribution in [0.25, 0.3) is 28.0 Å². The number of benzene rings is 2. The second kappa shape index (κ2) is 10.1. The van der Waals surface area contributed by atoms with Crippen LogP contribution >= 0.6 is 23.2 Å². The maximum absolute atomic E-state index is 13.5. The molecule has 14 heteroatoms. The third-order valence-electron chi connectivity index (χ3n) is 6.30. The summed E-state index contributed by atoms with van der Waals surface area (Å²) in [5, 5.41) is 7.34. The monoisotopic (exact) mass is 608 g/mol. The Labute approximate surface area is 234 Å². The van der Waals surface area contributed by atoms with Crippen LogP contribution in [0.2, 0.25) is 10.0 Å². The maximum Gasteiger partial charge on any atom is 0.258 e. The van der Waals surface area contributed by atoms with Crippen molar-refractivity contribution in [1.29, 1.82) is 0 Å². The molecule has 2 aromatic heterocycles. The molecule has 2 aromatic carbocycles. The Morgan fingerprint density at radius 3 is 2.41 bits per heavy atom. The first kappa shape index (κ1) is 27.4. The van der Waals surface area contributed by atoms with Gasteiger partial charge in [0, 0.05) is 33.5 Å². The molecule has 1 saturated heterocycles. The Kier molecular flexibility index (Phi) is 7.08. The number of carbonyl (C=O) groups excluding carboxylic acids is 1. The zero-order valence-corrected chi connectivity index (χ0v) is 23.8. The zero-order valence-electron chi connectivity index (χ0n) is 20.7. The first-order valence-corrected chi connectivity index (χ1v) is 16.1. The van der Waals surface area contributed by atoms with Crippen LogP contribution in [-0.4, -0.2) is 68.3 Å². The van der Waals surface area contributed by atoms with Gasteiger partial charge in [0.15, 0.2) is 30.3 Å². The number of methoxy groups -OCH3 is 1. The Hall–Kier alpha value is -3.19. The van der Waals surface area contributed by atoms with Crippen molar-refractivity contribution in [3.05, 3.63) is 64.1 Å². The Morgan fingerprint density at radius 2 is 1.82 bits per heavy atom. The molecular weight excluding hydrogens is 587 g/mol. The smallest absolute Gasteiger partial charge is 0.258 e. The van der Waals surface area contributed by atoms with Crippen LogP contribution in [0.15, 0.2) is 53.6 Å². The summed E-state index contributed by atoms with van der Waals surface area (Å²) in [6.07, 6.45) is 1.14. The van der Waals surface area contributed by atoms with Gasteiger partial charge in [0.25, 0.3) is 5.91 Å². The number of nitrogens with one attached hydrogen (secondary N) is 1. The van der Waals surface area contributed by atoms with Gasteiger partial charge in [-0.3, -0.25) is 4.79 Å². The molecule has 39 heavy (non-hydrogen) atoms. The maximum atomic E-state index is 13.5. The number of sulfone groups is 2. The number of halogens is 2. The van der Waals surface area contributed by atoms with Gasteiger partial charge in [-0.15, -0.1) is 0 Å². The van der Waals surface area contributed by atoms with Gasteiger partial charge in [0.1, 0.15) is 5.56 Å². The third-order valence-corrected chi connectivity index (χ3v) is 9.64. The number of aromatic nitrogens is 3. The second-order valence-corrected chi connectivity index (χ2v) is 14.1. The van der Waals surface area contributed by atoms with Crippen LogP contribution in [0.1, 0.15) is 16.8 Å². The molecule has 0 aliphatic carbocycles. The van der Waals surface area contributed by atoms with Crippen LogP contribution in [0.3, 0.4) is 0 Å². The van der Waals surface area contributed by atoms with Crippen molar-refractivity contribution in [3.8, 4) is 28.3 Å². The molecule has 3 heterocycles. The molecule has 1 aliphatic rings. The molecule has 0 bridgehead atoms. The van der Waals surface area contributed by atoms with E-state index in [-0.39, 0.29) is 35.0 Å². The number of hydrogen-bond donors (Lipinski definition) is 1. The molecule has 1 aliphatic heterocycles. The summed E-state index contributed by atoms with van der Waals surface area (Å²) < 4.78 is 56.5. The standard InChI is InChI=1S/C25H22Cl2N4O6S2/c1-37-24-19(17-5-3-4-6-18(17)27)21(14-7-9-15(26)10-8-14)31-22(29-24)20(25(30-31)38(2,33)34)23(32)28-16-11-12-39(35,36)13-16/h3-10,16H,11-13H2,1-2H3,(H,28,32). The van der Waals surface area contributed by atoms with E-state index in [1.807, 2.05) is 0 Å². The molecule has 204 valence electrons. The number of ether oxygens (including phenoxy) is 1. The third kappa shape index (κ3) is 5.21. The molecule has 0 saturated carbocycles. The molecule has 1 unspecified atom stereocenters. The van der Waals surface area contributed by atoms with Crippen LogP contribution in [0, 0.1) is 0 Å². The summed E-state index contributed by atoms with van der Waals surface area (Å²) in [6, 6.07) is 13.0. The lowest BCUT2D eigenvalue weighted by molar-refractivity contribution is 0.0939. The van der Waals surface area contributed by atoms with Crippen LogP contribution in [0.5, 0.6) is 5.88 Å². The summed E-state index contributed by atoms with van der Waals surface area (Å²) in [6.45, 7) is 0.